The van der Waals surface area contributed by atoms with E-state index < -0.39 is 0 Å². The molecule has 0 saturated carbocycles. The normalized spacial score (nSPS) is 11.1. The number of allylic oxidation sites excluding steroid dienone is 1. The number of anilines is 1. The van der Waals surface area contributed by atoms with Crippen molar-refractivity contribution in [3.05, 3.63) is 35.4 Å². The van der Waals surface area contributed by atoms with E-state index in [2.05, 4.69) is 5.10 Å². The lowest BCUT2D eigenvalue weighted by molar-refractivity contribution is 0.270. The van der Waals surface area contributed by atoms with Crippen molar-refractivity contribution in [2.45, 2.75) is 6.54 Å². The molecule has 0 spiro atoms. The van der Waals surface area contributed by atoms with Gasteiger partial charge in [-0.1, -0.05) is 0 Å². The molecule has 0 atom stereocenters. The number of hydrogen-bond donors (Lipinski definition) is 2. The highest BCUT2D eigenvalue weighted by Gasteiger charge is 2.15. The molecule has 0 amide bonds. The van der Waals surface area contributed by atoms with Crippen LogP contribution in [0.25, 0.3) is 11.6 Å². The quantitative estimate of drug-likeness (QED) is 0.797. The maximum atomic E-state index is 9.14. The molecule has 0 saturated heterocycles. The Hall–Kier alpha value is -3.03. The molecule has 0 bridgehead atoms. The van der Waals surface area contributed by atoms with E-state index in [9.17, 15) is 0 Å². The van der Waals surface area contributed by atoms with E-state index in [0.29, 0.717) is 5.76 Å². The van der Waals surface area contributed by atoms with Crippen LogP contribution in [0.4, 0.5) is 5.82 Å². The molecule has 0 aliphatic heterocycles. The third kappa shape index (κ3) is 2.39. The summed E-state index contributed by atoms with van der Waals surface area (Å²) in [5.41, 5.74) is 6.44. The number of aromatic nitrogens is 2. The number of aliphatic hydroxyl groups is 1. The molecule has 2 aromatic rings. The largest absolute Gasteiger partial charge is 0.464 e. The minimum absolute atomic E-state index is 0.150. The van der Waals surface area contributed by atoms with Gasteiger partial charge in [-0.3, -0.25) is 0 Å². The molecule has 3 N–H and O–H groups in total. The zero-order chi connectivity index (χ0) is 14.5. The van der Waals surface area contributed by atoms with Crippen LogP contribution in [0, 0.1) is 22.7 Å². The molecule has 0 aliphatic carbocycles. The van der Waals surface area contributed by atoms with E-state index in [-0.39, 0.29) is 35.8 Å². The average molecular weight is 269 g/mol. The standard InChI is InChI=1S/C13H11N5O2/c14-7-9(12-2-1-5-20-12)6-11-10(8-15)13(16)18(17-11)3-4-19/h1-2,5-6,19H,3-4,16H2/b9-6-. The van der Waals surface area contributed by atoms with Crippen molar-refractivity contribution in [1.82, 2.24) is 9.78 Å². The Balaban J connectivity index is 2.50. The van der Waals surface area contributed by atoms with E-state index in [4.69, 9.17) is 25.8 Å². The Morgan fingerprint density at radius 2 is 2.35 bits per heavy atom. The van der Waals surface area contributed by atoms with Crippen molar-refractivity contribution in [3.8, 4) is 12.1 Å². The number of rotatable bonds is 4. The Morgan fingerprint density at radius 3 is 2.90 bits per heavy atom. The van der Waals surface area contributed by atoms with Gasteiger partial charge in [0.2, 0.25) is 0 Å². The van der Waals surface area contributed by atoms with E-state index in [1.165, 1.54) is 17.0 Å². The lowest BCUT2D eigenvalue weighted by atomic mass is 10.1. The van der Waals surface area contributed by atoms with Crippen LogP contribution < -0.4 is 5.73 Å². The molecule has 2 aromatic heterocycles. The Morgan fingerprint density at radius 1 is 1.55 bits per heavy atom. The van der Waals surface area contributed by atoms with Crippen LogP contribution in [0.15, 0.2) is 22.8 Å². The summed E-state index contributed by atoms with van der Waals surface area (Å²) < 4.78 is 6.46. The number of nitrogens with zero attached hydrogens (tertiary/aromatic N) is 4. The Labute approximate surface area is 114 Å². The zero-order valence-electron chi connectivity index (χ0n) is 10.4. The van der Waals surface area contributed by atoms with Gasteiger partial charge in [-0.15, -0.1) is 0 Å². The van der Waals surface area contributed by atoms with Crippen molar-refractivity contribution in [2.24, 2.45) is 0 Å². The van der Waals surface area contributed by atoms with Crippen LogP contribution >= 0.6 is 0 Å². The predicted molar refractivity (Wildman–Crippen MR) is 70.6 cm³/mol. The van der Waals surface area contributed by atoms with Crippen LogP contribution in [0.3, 0.4) is 0 Å². The van der Waals surface area contributed by atoms with E-state index >= 15 is 0 Å². The van der Waals surface area contributed by atoms with Crippen LogP contribution in [-0.2, 0) is 6.54 Å². The second-order valence-electron chi connectivity index (χ2n) is 3.85. The SMILES string of the molecule is N#C/C(=C/c1nn(CCO)c(N)c1C#N)c1ccco1. The summed E-state index contributed by atoms with van der Waals surface area (Å²) in [7, 11) is 0. The first-order valence-corrected chi connectivity index (χ1v) is 5.74. The van der Waals surface area contributed by atoms with Gasteiger partial charge in [0.25, 0.3) is 0 Å². The first-order valence-electron chi connectivity index (χ1n) is 5.74. The van der Waals surface area contributed by atoms with Gasteiger partial charge in [0.15, 0.2) is 0 Å². The summed E-state index contributed by atoms with van der Waals surface area (Å²) in [5.74, 6) is 0.538. The van der Waals surface area contributed by atoms with Gasteiger partial charge >= 0.3 is 0 Å². The summed E-state index contributed by atoms with van der Waals surface area (Å²) in [6.45, 7) is 0.0280. The first-order chi connectivity index (χ1) is 9.71. The number of nitrogen functional groups attached to an aromatic ring is 1. The van der Waals surface area contributed by atoms with Gasteiger partial charge in [0.05, 0.1) is 25.0 Å². The summed E-state index contributed by atoms with van der Waals surface area (Å²) in [4.78, 5) is 0. The molecule has 0 unspecified atom stereocenters. The molecule has 2 rings (SSSR count). The fourth-order valence-electron chi connectivity index (χ4n) is 1.70. The predicted octanol–water partition coefficient (Wildman–Crippen LogP) is 0.986. The molecular weight excluding hydrogens is 258 g/mol. The van der Waals surface area contributed by atoms with Crippen LogP contribution in [0.1, 0.15) is 17.0 Å². The monoisotopic (exact) mass is 269 g/mol. The molecule has 20 heavy (non-hydrogen) atoms. The third-order valence-corrected chi connectivity index (χ3v) is 2.63. The van der Waals surface area contributed by atoms with Crippen molar-refractivity contribution in [1.29, 1.82) is 10.5 Å². The highest BCUT2D eigenvalue weighted by molar-refractivity contribution is 5.88. The molecule has 0 fully saturated rings. The number of nitrogens with two attached hydrogens (primary N) is 1. The fraction of sp³-hybridized carbons (Fsp3) is 0.154. The van der Waals surface area contributed by atoms with Crippen molar-refractivity contribution >= 4 is 17.5 Å². The van der Waals surface area contributed by atoms with Gasteiger partial charge in [-0.25, -0.2) is 4.68 Å². The van der Waals surface area contributed by atoms with Crippen molar-refractivity contribution < 1.29 is 9.52 Å². The molecule has 7 heteroatoms. The van der Waals surface area contributed by atoms with Gasteiger partial charge in [0.1, 0.15) is 35.0 Å². The number of hydrogen-bond acceptors (Lipinski definition) is 6. The first kappa shape index (κ1) is 13.4. The van der Waals surface area contributed by atoms with E-state index in [0.717, 1.165) is 0 Å². The number of aliphatic hydroxyl groups excluding tert-OH is 1. The molecular formula is C13H11N5O2. The molecule has 0 radical (unpaired) electrons. The maximum Gasteiger partial charge on any atom is 0.144 e. The zero-order valence-corrected chi connectivity index (χ0v) is 10.4. The van der Waals surface area contributed by atoms with Gasteiger partial charge < -0.3 is 15.3 Å². The maximum absolute atomic E-state index is 9.14. The summed E-state index contributed by atoms with van der Waals surface area (Å²) in [6.07, 6.45) is 2.88. The topological polar surface area (TPSA) is 125 Å². The molecule has 2 heterocycles. The van der Waals surface area contributed by atoms with Gasteiger partial charge in [-0.2, -0.15) is 15.6 Å². The highest BCUT2D eigenvalue weighted by atomic mass is 16.3. The van der Waals surface area contributed by atoms with Crippen molar-refractivity contribution in [3.63, 3.8) is 0 Å². The lowest BCUT2D eigenvalue weighted by Gasteiger charge is -1.98. The summed E-state index contributed by atoms with van der Waals surface area (Å²) in [6, 6.07) is 7.22. The van der Waals surface area contributed by atoms with Crippen LogP contribution in [0.2, 0.25) is 0 Å². The second-order valence-corrected chi connectivity index (χ2v) is 3.85. The van der Waals surface area contributed by atoms with Crippen LogP contribution in [-0.4, -0.2) is 21.5 Å². The molecule has 0 aliphatic rings. The Bertz CT molecular complexity index is 713. The number of furan rings is 1. The summed E-state index contributed by atoms with van der Waals surface area (Å²) in [5, 5.41) is 31.3. The second kappa shape index (κ2) is 5.74. The molecule has 100 valence electrons. The smallest absolute Gasteiger partial charge is 0.144 e. The average Bonchev–Trinajstić information content (AvgIpc) is 3.06. The highest BCUT2D eigenvalue weighted by Crippen LogP contribution is 2.22. The van der Waals surface area contributed by atoms with E-state index in [1.54, 1.807) is 12.1 Å². The van der Waals surface area contributed by atoms with Gasteiger partial charge in [0, 0.05) is 0 Å². The summed E-state index contributed by atoms with van der Waals surface area (Å²) >= 11 is 0. The van der Waals surface area contributed by atoms with Gasteiger partial charge in [-0.05, 0) is 18.2 Å². The fourth-order valence-corrected chi connectivity index (χ4v) is 1.70. The molecule has 7 nitrogen and oxygen atoms in total. The lowest BCUT2D eigenvalue weighted by Crippen LogP contribution is -2.07. The third-order valence-electron chi connectivity index (χ3n) is 2.63. The minimum atomic E-state index is -0.150. The van der Waals surface area contributed by atoms with Crippen LogP contribution in [0.5, 0.6) is 0 Å². The van der Waals surface area contributed by atoms with E-state index in [1.807, 2.05) is 12.1 Å². The minimum Gasteiger partial charge on any atom is -0.464 e. The molecule has 0 aromatic carbocycles. The Kier molecular flexibility index (Phi) is 3.85. The number of nitriles is 2. The van der Waals surface area contributed by atoms with Crippen molar-refractivity contribution in [2.75, 3.05) is 12.3 Å².